The number of pyridine rings is 1. The third-order valence-electron chi connectivity index (χ3n) is 3.53. The van der Waals surface area contributed by atoms with E-state index in [9.17, 15) is 0 Å². The van der Waals surface area contributed by atoms with E-state index in [1.54, 1.807) is 6.20 Å². The van der Waals surface area contributed by atoms with E-state index in [0.29, 0.717) is 0 Å². The van der Waals surface area contributed by atoms with Crippen LogP contribution in [0.4, 0.5) is 0 Å². The molecule has 1 unspecified atom stereocenters. The monoisotopic (exact) mass is 278 g/mol. The molecule has 2 heterocycles. The second-order valence-corrected chi connectivity index (χ2v) is 4.98. The molecule has 0 aliphatic carbocycles. The van der Waals surface area contributed by atoms with Crippen LogP contribution in [-0.2, 0) is 0 Å². The molecular weight excluding hydrogens is 260 g/mol. The van der Waals surface area contributed by atoms with E-state index in [0.717, 1.165) is 24.0 Å². The van der Waals surface area contributed by atoms with Gasteiger partial charge in [0.25, 0.3) is 0 Å². The Morgan fingerprint density at radius 1 is 1.05 bits per heavy atom. The van der Waals surface area contributed by atoms with Gasteiger partial charge in [-0.1, -0.05) is 25.1 Å². The molecule has 0 saturated heterocycles. The van der Waals surface area contributed by atoms with Gasteiger partial charge < -0.3 is 5.32 Å². The lowest BCUT2D eigenvalue weighted by molar-refractivity contribution is 0.598. The van der Waals surface area contributed by atoms with Crippen LogP contribution in [0.5, 0.6) is 0 Å². The zero-order valence-electron chi connectivity index (χ0n) is 12.0. The lowest BCUT2D eigenvalue weighted by Crippen LogP contribution is -2.23. The summed E-state index contributed by atoms with van der Waals surface area (Å²) >= 11 is 0. The maximum Gasteiger partial charge on any atom is 0.0705 e. The van der Waals surface area contributed by atoms with E-state index >= 15 is 0 Å². The number of nitrogens with one attached hydrogen (secondary N) is 1. The smallest absolute Gasteiger partial charge is 0.0705 e. The van der Waals surface area contributed by atoms with E-state index in [1.807, 2.05) is 30.6 Å². The Morgan fingerprint density at radius 3 is 2.81 bits per heavy atom. The number of nitrogens with zero attached hydrogens (tertiary/aromatic N) is 3. The molecule has 106 valence electrons. The van der Waals surface area contributed by atoms with Crippen molar-refractivity contribution < 1.29 is 0 Å². The van der Waals surface area contributed by atoms with E-state index in [2.05, 4.69) is 45.6 Å². The van der Waals surface area contributed by atoms with Crippen molar-refractivity contribution in [1.29, 1.82) is 0 Å². The van der Waals surface area contributed by atoms with E-state index < -0.39 is 0 Å². The Bertz CT molecular complexity index is 707. The van der Waals surface area contributed by atoms with Crippen LogP contribution in [-0.4, -0.2) is 21.7 Å². The van der Waals surface area contributed by atoms with Crippen LogP contribution in [0, 0.1) is 0 Å². The zero-order chi connectivity index (χ0) is 14.5. The first-order valence-corrected chi connectivity index (χ1v) is 7.23. The minimum absolute atomic E-state index is 0.105. The first-order valence-electron chi connectivity index (χ1n) is 7.23. The molecule has 0 saturated carbocycles. The summed E-state index contributed by atoms with van der Waals surface area (Å²) in [6.07, 6.45) is 6.47. The summed E-state index contributed by atoms with van der Waals surface area (Å²) in [5, 5.41) is 12.7. The van der Waals surface area contributed by atoms with Gasteiger partial charge in [-0.15, -0.1) is 0 Å². The van der Waals surface area contributed by atoms with Gasteiger partial charge in [0.15, 0.2) is 0 Å². The molecule has 0 bridgehead atoms. The molecule has 1 aromatic carbocycles. The number of benzene rings is 1. The van der Waals surface area contributed by atoms with Crippen molar-refractivity contribution in [2.24, 2.45) is 0 Å². The van der Waals surface area contributed by atoms with Crippen LogP contribution in [0.3, 0.4) is 0 Å². The fraction of sp³-hybridized carbons (Fsp3) is 0.235. The molecule has 1 atom stereocenters. The van der Waals surface area contributed by atoms with Gasteiger partial charge in [-0.25, -0.2) is 0 Å². The maximum absolute atomic E-state index is 4.44. The van der Waals surface area contributed by atoms with Gasteiger partial charge in [-0.05, 0) is 42.3 Å². The number of rotatable bonds is 5. The van der Waals surface area contributed by atoms with Gasteiger partial charge in [-0.3, -0.25) is 4.98 Å². The fourth-order valence-electron chi connectivity index (χ4n) is 2.55. The largest absolute Gasteiger partial charge is 0.306 e. The van der Waals surface area contributed by atoms with Crippen LogP contribution in [0.1, 0.15) is 30.5 Å². The van der Waals surface area contributed by atoms with Crippen LogP contribution in [0.15, 0.2) is 55.0 Å². The summed E-state index contributed by atoms with van der Waals surface area (Å²) in [6, 6.07) is 12.5. The normalized spacial score (nSPS) is 12.4. The van der Waals surface area contributed by atoms with E-state index in [1.165, 1.54) is 10.9 Å². The van der Waals surface area contributed by atoms with Crippen LogP contribution in [0.25, 0.3) is 10.9 Å². The highest BCUT2D eigenvalue weighted by atomic mass is 15.1. The molecule has 0 amide bonds. The van der Waals surface area contributed by atoms with Crippen molar-refractivity contribution >= 4 is 10.9 Å². The maximum atomic E-state index is 4.44. The topological polar surface area (TPSA) is 50.7 Å². The molecule has 4 nitrogen and oxygen atoms in total. The highest BCUT2D eigenvalue weighted by molar-refractivity contribution is 5.82. The third kappa shape index (κ3) is 2.90. The minimum atomic E-state index is 0.105. The van der Waals surface area contributed by atoms with E-state index in [-0.39, 0.29) is 6.04 Å². The molecule has 0 radical (unpaired) electrons. The summed E-state index contributed by atoms with van der Waals surface area (Å²) in [7, 11) is 0. The van der Waals surface area contributed by atoms with Crippen molar-refractivity contribution in [3.8, 4) is 0 Å². The number of hydrogen-bond acceptors (Lipinski definition) is 4. The second-order valence-electron chi connectivity index (χ2n) is 4.98. The zero-order valence-corrected chi connectivity index (χ0v) is 12.0. The average Bonchev–Trinajstić information content (AvgIpc) is 2.56. The molecule has 1 N–H and O–H groups in total. The fourth-order valence-corrected chi connectivity index (χ4v) is 2.55. The van der Waals surface area contributed by atoms with Gasteiger partial charge >= 0.3 is 0 Å². The molecule has 0 aliphatic rings. The van der Waals surface area contributed by atoms with E-state index in [4.69, 9.17) is 0 Å². The molecule has 2 aromatic heterocycles. The Hall–Kier alpha value is -2.33. The number of aromatic nitrogens is 3. The van der Waals surface area contributed by atoms with Crippen molar-refractivity contribution in [2.45, 2.75) is 19.4 Å². The molecule has 4 heteroatoms. The molecule has 0 aliphatic heterocycles. The highest BCUT2D eigenvalue weighted by Crippen LogP contribution is 2.27. The highest BCUT2D eigenvalue weighted by Gasteiger charge is 2.16. The molecule has 0 fully saturated rings. The van der Waals surface area contributed by atoms with Gasteiger partial charge in [-0.2, -0.15) is 10.2 Å². The quantitative estimate of drug-likeness (QED) is 0.779. The van der Waals surface area contributed by atoms with Crippen LogP contribution in [0.2, 0.25) is 0 Å². The Kier molecular flexibility index (Phi) is 4.17. The molecule has 21 heavy (non-hydrogen) atoms. The molecule has 0 spiro atoms. The minimum Gasteiger partial charge on any atom is -0.306 e. The molecule has 3 rings (SSSR count). The standard InChI is InChI=1S/C17H18N4/c1-2-9-19-17(13-8-11-20-21-12-13)15-5-3-7-16-14(15)6-4-10-18-16/h3-8,10-12,17,19H,2,9H2,1H3. The third-order valence-corrected chi connectivity index (χ3v) is 3.53. The number of hydrogen-bond donors (Lipinski definition) is 1. The van der Waals surface area contributed by atoms with Crippen molar-refractivity contribution in [3.05, 3.63) is 66.1 Å². The lowest BCUT2D eigenvalue weighted by Gasteiger charge is -2.20. The second kappa shape index (κ2) is 6.41. The summed E-state index contributed by atoms with van der Waals surface area (Å²) < 4.78 is 0. The first kappa shape index (κ1) is 13.6. The Labute approximate surface area is 124 Å². The van der Waals surface area contributed by atoms with Gasteiger partial charge in [0, 0.05) is 17.8 Å². The van der Waals surface area contributed by atoms with Crippen molar-refractivity contribution in [1.82, 2.24) is 20.5 Å². The first-order chi connectivity index (χ1) is 10.4. The SMILES string of the molecule is CCCNC(c1ccnnc1)c1cccc2ncccc12. The summed E-state index contributed by atoms with van der Waals surface area (Å²) in [4.78, 5) is 4.44. The summed E-state index contributed by atoms with van der Waals surface area (Å²) in [5.74, 6) is 0. The van der Waals surface area contributed by atoms with Crippen LogP contribution >= 0.6 is 0 Å². The summed E-state index contributed by atoms with van der Waals surface area (Å²) in [5.41, 5.74) is 3.36. The predicted molar refractivity (Wildman–Crippen MR) is 83.9 cm³/mol. The van der Waals surface area contributed by atoms with Gasteiger partial charge in [0.1, 0.15) is 0 Å². The van der Waals surface area contributed by atoms with Gasteiger partial charge in [0.05, 0.1) is 17.8 Å². The summed E-state index contributed by atoms with van der Waals surface area (Å²) in [6.45, 7) is 3.11. The van der Waals surface area contributed by atoms with Gasteiger partial charge in [0.2, 0.25) is 0 Å². The molecule has 3 aromatic rings. The average molecular weight is 278 g/mol. The van der Waals surface area contributed by atoms with Crippen molar-refractivity contribution in [2.75, 3.05) is 6.54 Å². The Balaban J connectivity index is 2.10. The number of fused-ring (bicyclic) bond motifs is 1. The Morgan fingerprint density at radius 2 is 2.00 bits per heavy atom. The van der Waals surface area contributed by atoms with Crippen molar-refractivity contribution in [3.63, 3.8) is 0 Å². The van der Waals surface area contributed by atoms with Crippen LogP contribution < -0.4 is 5.32 Å². The lowest BCUT2D eigenvalue weighted by atomic mass is 9.96. The predicted octanol–water partition coefficient (Wildman–Crippen LogP) is 3.11. The molecular formula is C17H18N4.